The fourth-order valence-corrected chi connectivity index (χ4v) is 1.95. The fourth-order valence-electron chi connectivity index (χ4n) is 1.72. The SMILES string of the molecule is CCOC(=O)C(=O)CBr.CCOC(=O)c1cn2ccncc2n1.Nc1cnccn1. The van der Waals surface area contributed by atoms with E-state index < -0.39 is 17.7 Å². The second-order valence-corrected chi connectivity index (χ2v) is 5.66. The van der Waals surface area contributed by atoms with Crippen LogP contribution in [0.4, 0.5) is 5.82 Å². The summed E-state index contributed by atoms with van der Waals surface area (Å²) in [6.45, 7) is 4.01. The van der Waals surface area contributed by atoms with Crippen molar-refractivity contribution in [3.63, 3.8) is 0 Å². The van der Waals surface area contributed by atoms with Crippen molar-refractivity contribution in [3.8, 4) is 0 Å². The predicted molar refractivity (Wildman–Crippen MR) is 111 cm³/mol. The lowest BCUT2D eigenvalue weighted by Crippen LogP contribution is -2.17. The molecule has 0 fully saturated rings. The van der Waals surface area contributed by atoms with E-state index in [9.17, 15) is 14.4 Å². The number of ether oxygens (including phenoxy) is 2. The molecule has 0 atom stereocenters. The summed E-state index contributed by atoms with van der Waals surface area (Å²) in [5, 5.41) is 0.0336. The minimum absolute atomic E-state index is 0.0336. The zero-order valence-electron chi connectivity index (χ0n) is 16.4. The summed E-state index contributed by atoms with van der Waals surface area (Å²) in [5.74, 6) is -1.26. The number of imidazole rings is 1. The molecule has 0 amide bonds. The second kappa shape index (κ2) is 13.7. The van der Waals surface area contributed by atoms with E-state index in [1.54, 1.807) is 55.4 Å². The molecule has 0 aromatic carbocycles. The predicted octanol–water partition coefficient (Wildman–Crippen LogP) is 1.48. The van der Waals surface area contributed by atoms with Crippen LogP contribution >= 0.6 is 15.9 Å². The number of esters is 2. The molecular weight excluding hydrogens is 460 g/mol. The Hall–Kier alpha value is -3.41. The van der Waals surface area contributed by atoms with Gasteiger partial charge in [-0.2, -0.15) is 0 Å². The number of fused-ring (bicyclic) bond motifs is 1. The van der Waals surface area contributed by atoms with E-state index in [4.69, 9.17) is 10.5 Å². The van der Waals surface area contributed by atoms with Gasteiger partial charge in [0.2, 0.25) is 5.78 Å². The van der Waals surface area contributed by atoms with Gasteiger partial charge in [0.05, 0.1) is 30.9 Å². The Bertz CT molecular complexity index is 917. The number of ketones is 1. The van der Waals surface area contributed by atoms with Crippen LogP contribution in [0.5, 0.6) is 0 Å². The number of nitrogens with two attached hydrogens (primary N) is 1. The van der Waals surface area contributed by atoms with Gasteiger partial charge in [0.15, 0.2) is 11.3 Å². The molecule has 3 heterocycles. The summed E-state index contributed by atoms with van der Waals surface area (Å²) in [6.07, 6.45) is 11.2. The Morgan fingerprint density at radius 3 is 2.27 bits per heavy atom. The number of Topliss-reactive ketones (excluding diaryl/α,β-unsaturated/α-hetero) is 1. The number of nitrogen functional groups attached to an aromatic ring is 1. The Morgan fingerprint density at radius 2 is 1.77 bits per heavy atom. The average Bonchev–Trinajstić information content (AvgIpc) is 3.19. The summed E-state index contributed by atoms with van der Waals surface area (Å²) in [4.78, 5) is 47.4. The Kier molecular flexibility index (Phi) is 11.3. The van der Waals surface area contributed by atoms with E-state index in [0.717, 1.165) is 0 Å². The molecule has 160 valence electrons. The van der Waals surface area contributed by atoms with E-state index in [1.165, 1.54) is 6.20 Å². The number of nitrogens with zero attached hydrogens (tertiary/aromatic N) is 5. The van der Waals surface area contributed by atoms with Crippen LogP contribution in [-0.2, 0) is 19.1 Å². The van der Waals surface area contributed by atoms with Gasteiger partial charge in [-0.1, -0.05) is 15.9 Å². The van der Waals surface area contributed by atoms with Crippen molar-refractivity contribution >= 4 is 45.1 Å². The molecule has 12 heteroatoms. The van der Waals surface area contributed by atoms with Gasteiger partial charge < -0.3 is 19.6 Å². The minimum Gasteiger partial charge on any atom is -0.461 e. The number of halogens is 1. The smallest absolute Gasteiger partial charge is 0.375 e. The van der Waals surface area contributed by atoms with Crippen LogP contribution in [-0.4, -0.2) is 60.6 Å². The molecule has 3 aromatic rings. The highest BCUT2D eigenvalue weighted by molar-refractivity contribution is 9.09. The van der Waals surface area contributed by atoms with Gasteiger partial charge in [0, 0.05) is 31.0 Å². The van der Waals surface area contributed by atoms with Crippen molar-refractivity contribution in [2.75, 3.05) is 24.3 Å². The van der Waals surface area contributed by atoms with E-state index >= 15 is 0 Å². The van der Waals surface area contributed by atoms with Gasteiger partial charge >= 0.3 is 11.9 Å². The molecule has 0 spiro atoms. The Morgan fingerprint density at radius 1 is 1.07 bits per heavy atom. The number of rotatable bonds is 5. The Balaban J connectivity index is 0.000000243. The summed E-state index contributed by atoms with van der Waals surface area (Å²) < 4.78 is 10.9. The van der Waals surface area contributed by atoms with E-state index in [1.807, 2.05) is 0 Å². The summed E-state index contributed by atoms with van der Waals surface area (Å²) in [6, 6.07) is 0. The molecular formula is C18H21BrN6O5. The first-order valence-electron chi connectivity index (χ1n) is 8.66. The molecule has 0 unspecified atom stereocenters. The third kappa shape index (κ3) is 8.73. The van der Waals surface area contributed by atoms with Crippen LogP contribution in [0.15, 0.2) is 43.4 Å². The van der Waals surface area contributed by atoms with Crippen LogP contribution in [0, 0.1) is 0 Å². The highest BCUT2D eigenvalue weighted by Crippen LogP contribution is 2.04. The lowest BCUT2D eigenvalue weighted by Gasteiger charge is -1.95. The second-order valence-electron chi connectivity index (χ2n) is 5.10. The van der Waals surface area contributed by atoms with Crippen LogP contribution in [0.2, 0.25) is 0 Å². The molecule has 0 saturated heterocycles. The van der Waals surface area contributed by atoms with Crippen molar-refractivity contribution in [2.24, 2.45) is 0 Å². The van der Waals surface area contributed by atoms with Crippen molar-refractivity contribution < 1.29 is 23.9 Å². The molecule has 0 saturated carbocycles. The topological polar surface area (TPSA) is 152 Å². The number of alkyl halides is 1. The highest BCUT2D eigenvalue weighted by Gasteiger charge is 2.11. The summed E-state index contributed by atoms with van der Waals surface area (Å²) in [5.41, 5.74) is 6.12. The summed E-state index contributed by atoms with van der Waals surface area (Å²) in [7, 11) is 0. The Labute approximate surface area is 180 Å². The highest BCUT2D eigenvalue weighted by atomic mass is 79.9. The normalized spacial score (nSPS) is 9.43. The quantitative estimate of drug-likeness (QED) is 0.322. The van der Waals surface area contributed by atoms with E-state index in [-0.39, 0.29) is 11.9 Å². The van der Waals surface area contributed by atoms with Gasteiger partial charge in [-0.25, -0.2) is 19.6 Å². The van der Waals surface area contributed by atoms with Gasteiger partial charge in [0.25, 0.3) is 0 Å². The minimum atomic E-state index is -0.769. The lowest BCUT2D eigenvalue weighted by molar-refractivity contribution is -0.152. The molecule has 0 aliphatic rings. The number of hydrogen-bond acceptors (Lipinski definition) is 10. The monoisotopic (exact) mass is 480 g/mol. The van der Waals surface area contributed by atoms with Crippen molar-refractivity contribution in [1.29, 1.82) is 0 Å². The maximum atomic E-state index is 11.3. The van der Waals surface area contributed by atoms with Gasteiger partial charge in [-0.3, -0.25) is 14.8 Å². The van der Waals surface area contributed by atoms with Crippen LogP contribution in [0.1, 0.15) is 24.3 Å². The maximum absolute atomic E-state index is 11.3. The number of aromatic nitrogens is 5. The lowest BCUT2D eigenvalue weighted by atomic mass is 10.5. The third-order valence-electron chi connectivity index (χ3n) is 2.96. The standard InChI is InChI=1S/C9H9N3O2.C5H7BrO3.C4H5N3/c1-2-14-9(13)7-6-12-4-3-10-5-8(12)11-7;1-2-9-5(8)4(7)3-6;5-4-3-6-1-2-7-4/h3-6H,2H2,1H3;2-3H2,1H3;1-3H,(H2,5,7). The first kappa shape index (κ1) is 24.6. The largest absolute Gasteiger partial charge is 0.461 e. The molecule has 3 rings (SSSR count). The van der Waals surface area contributed by atoms with Crippen LogP contribution in [0.3, 0.4) is 0 Å². The number of carbonyl (C=O) groups excluding carboxylic acids is 3. The van der Waals surface area contributed by atoms with Crippen molar-refractivity contribution in [1.82, 2.24) is 24.3 Å². The van der Waals surface area contributed by atoms with Crippen LogP contribution in [0.25, 0.3) is 5.65 Å². The molecule has 0 aliphatic heterocycles. The molecule has 0 bridgehead atoms. The zero-order valence-corrected chi connectivity index (χ0v) is 18.0. The van der Waals surface area contributed by atoms with Gasteiger partial charge in [-0.05, 0) is 13.8 Å². The van der Waals surface area contributed by atoms with Crippen molar-refractivity contribution in [2.45, 2.75) is 13.8 Å². The van der Waals surface area contributed by atoms with Gasteiger partial charge in [-0.15, -0.1) is 0 Å². The summed E-state index contributed by atoms with van der Waals surface area (Å²) >= 11 is 2.83. The number of hydrogen-bond donors (Lipinski definition) is 1. The first-order chi connectivity index (χ1) is 14.4. The molecule has 30 heavy (non-hydrogen) atoms. The van der Waals surface area contributed by atoms with Crippen molar-refractivity contribution in [3.05, 3.63) is 49.1 Å². The molecule has 11 nitrogen and oxygen atoms in total. The maximum Gasteiger partial charge on any atom is 0.375 e. The first-order valence-corrected chi connectivity index (χ1v) is 9.78. The third-order valence-corrected chi connectivity index (χ3v) is 3.47. The molecule has 0 radical (unpaired) electrons. The zero-order chi connectivity index (χ0) is 22.4. The molecule has 0 aliphatic carbocycles. The number of anilines is 1. The number of carbonyl (C=O) groups is 3. The fraction of sp³-hybridized carbons (Fsp3) is 0.278. The average molecular weight is 481 g/mol. The van der Waals surface area contributed by atoms with E-state index in [2.05, 4.69) is 40.6 Å². The molecule has 2 N–H and O–H groups in total. The molecule has 3 aromatic heterocycles. The van der Waals surface area contributed by atoms with E-state index in [0.29, 0.717) is 23.8 Å². The van der Waals surface area contributed by atoms with Crippen LogP contribution < -0.4 is 5.73 Å². The van der Waals surface area contributed by atoms with Gasteiger partial charge in [0.1, 0.15) is 5.82 Å².